The van der Waals surface area contributed by atoms with Gasteiger partial charge in [0.25, 0.3) is 5.56 Å². The van der Waals surface area contributed by atoms with Crippen molar-refractivity contribution in [3.8, 4) is 0 Å². The molecule has 0 saturated heterocycles. The van der Waals surface area contributed by atoms with Crippen molar-refractivity contribution in [2.24, 2.45) is 0 Å². The fourth-order valence-electron chi connectivity index (χ4n) is 1.51. The molecule has 0 atom stereocenters. The predicted octanol–water partition coefficient (Wildman–Crippen LogP) is 0.631. The van der Waals surface area contributed by atoms with Gasteiger partial charge in [0.05, 0.1) is 0 Å². The number of amides is 1. The minimum absolute atomic E-state index is 0.0362. The van der Waals surface area contributed by atoms with Gasteiger partial charge in [-0.15, -0.1) is 13.2 Å². The van der Waals surface area contributed by atoms with Crippen molar-refractivity contribution >= 4 is 11.6 Å². The Balaban J connectivity index is 2.84. The third-order valence-electron chi connectivity index (χ3n) is 2.36. The number of nitrogens with two attached hydrogens (primary N) is 1. The first-order valence-electron chi connectivity index (χ1n) is 5.54. The minimum Gasteiger partial charge on any atom is -0.398 e. The van der Waals surface area contributed by atoms with Gasteiger partial charge >= 0.3 is 0 Å². The van der Waals surface area contributed by atoms with Crippen LogP contribution in [0.3, 0.4) is 0 Å². The summed E-state index contributed by atoms with van der Waals surface area (Å²) < 4.78 is 1.29. The summed E-state index contributed by atoms with van der Waals surface area (Å²) in [6.07, 6.45) is 4.72. The van der Waals surface area contributed by atoms with E-state index in [-0.39, 0.29) is 18.0 Å². The lowest BCUT2D eigenvalue weighted by atomic mass is 10.3. The second-order valence-electron chi connectivity index (χ2n) is 3.80. The van der Waals surface area contributed by atoms with Crippen LogP contribution in [0.15, 0.2) is 48.4 Å². The fourth-order valence-corrected chi connectivity index (χ4v) is 1.51. The van der Waals surface area contributed by atoms with Gasteiger partial charge in [-0.05, 0) is 6.07 Å². The predicted molar refractivity (Wildman–Crippen MR) is 72.1 cm³/mol. The van der Waals surface area contributed by atoms with Gasteiger partial charge in [-0.3, -0.25) is 9.59 Å². The number of pyridine rings is 1. The maximum Gasteiger partial charge on any atom is 0.251 e. The zero-order chi connectivity index (χ0) is 13.5. The van der Waals surface area contributed by atoms with Crippen LogP contribution in [0.25, 0.3) is 0 Å². The molecule has 0 aliphatic heterocycles. The molecule has 1 aromatic rings. The van der Waals surface area contributed by atoms with Crippen LogP contribution in [0.5, 0.6) is 0 Å². The summed E-state index contributed by atoms with van der Waals surface area (Å²) in [7, 11) is 0. The Bertz CT molecular complexity index is 495. The molecule has 1 aromatic heterocycles. The molecule has 0 bridgehead atoms. The van der Waals surface area contributed by atoms with Crippen molar-refractivity contribution in [3.63, 3.8) is 0 Å². The van der Waals surface area contributed by atoms with E-state index in [1.54, 1.807) is 17.1 Å². The van der Waals surface area contributed by atoms with Crippen LogP contribution < -0.4 is 11.3 Å². The highest BCUT2D eigenvalue weighted by atomic mass is 16.2. The third-order valence-corrected chi connectivity index (χ3v) is 2.36. The quantitative estimate of drug-likeness (QED) is 0.750. The molecular formula is C13H17N3O2. The number of aromatic nitrogens is 1. The molecule has 0 aliphatic carbocycles. The van der Waals surface area contributed by atoms with Crippen molar-refractivity contribution in [2.75, 3.05) is 18.8 Å². The van der Waals surface area contributed by atoms with Crippen LogP contribution in [-0.2, 0) is 11.3 Å². The topological polar surface area (TPSA) is 68.3 Å². The molecule has 0 aliphatic rings. The Morgan fingerprint density at radius 1 is 1.33 bits per heavy atom. The molecular weight excluding hydrogens is 230 g/mol. The van der Waals surface area contributed by atoms with E-state index >= 15 is 0 Å². The maximum absolute atomic E-state index is 12.0. The standard InChI is InChI=1S/C13H17N3O2/c1-3-7-15(8-4-2)13(18)10-16-9-11(14)5-6-12(16)17/h3-6,9H,1-2,7-8,10,14H2. The lowest BCUT2D eigenvalue weighted by Gasteiger charge is -2.19. The summed E-state index contributed by atoms with van der Waals surface area (Å²) >= 11 is 0. The number of hydrogen-bond donors (Lipinski definition) is 1. The Labute approximate surface area is 106 Å². The van der Waals surface area contributed by atoms with E-state index in [0.29, 0.717) is 18.8 Å². The Kier molecular flexibility index (Phi) is 4.92. The second kappa shape index (κ2) is 6.44. The molecule has 5 heteroatoms. The summed E-state index contributed by atoms with van der Waals surface area (Å²) in [5, 5.41) is 0. The van der Waals surface area contributed by atoms with Gasteiger partial charge in [0, 0.05) is 31.0 Å². The van der Waals surface area contributed by atoms with Gasteiger partial charge < -0.3 is 15.2 Å². The average molecular weight is 247 g/mol. The lowest BCUT2D eigenvalue weighted by molar-refractivity contribution is -0.130. The van der Waals surface area contributed by atoms with E-state index in [0.717, 1.165) is 0 Å². The zero-order valence-corrected chi connectivity index (χ0v) is 10.2. The summed E-state index contributed by atoms with van der Waals surface area (Å²) in [4.78, 5) is 25.1. The summed E-state index contributed by atoms with van der Waals surface area (Å²) in [5.41, 5.74) is 5.77. The van der Waals surface area contributed by atoms with E-state index in [1.807, 2.05) is 0 Å². The zero-order valence-electron chi connectivity index (χ0n) is 10.2. The van der Waals surface area contributed by atoms with E-state index in [2.05, 4.69) is 13.2 Å². The fraction of sp³-hybridized carbons (Fsp3) is 0.231. The lowest BCUT2D eigenvalue weighted by Crippen LogP contribution is -2.36. The van der Waals surface area contributed by atoms with Crippen molar-refractivity contribution in [1.29, 1.82) is 0 Å². The number of hydrogen-bond acceptors (Lipinski definition) is 3. The highest BCUT2D eigenvalue weighted by Crippen LogP contribution is 1.98. The molecule has 1 heterocycles. The van der Waals surface area contributed by atoms with Crippen molar-refractivity contribution in [1.82, 2.24) is 9.47 Å². The SMILES string of the molecule is C=CCN(CC=C)C(=O)Cn1cc(N)ccc1=O. The smallest absolute Gasteiger partial charge is 0.251 e. The van der Waals surface area contributed by atoms with Crippen LogP contribution in [-0.4, -0.2) is 28.5 Å². The Morgan fingerprint density at radius 2 is 1.94 bits per heavy atom. The molecule has 2 N–H and O–H groups in total. The molecule has 0 fully saturated rings. The van der Waals surface area contributed by atoms with Gasteiger partial charge in [-0.2, -0.15) is 0 Å². The molecule has 0 unspecified atom stereocenters. The van der Waals surface area contributed by atoms with Crippen LogP contribution in [0, 0.1) is 0 Å². The second-order valence-corrected chi connectivity index (χ2v) is 3.80. The van der Waals surface area contributed by atoms with Crippen LogP contribution in [0.1, 0.15) is 0 Å². The molecule has 0 radical (unpaired) electrons. The molecule has 18 heavy (non-hydrogen) atoms. The third kappa shape index (κ3) is 3.62. The largest absolute Gasteiger partial charge is 0.398 e. The highest BCUT2D eigenvalue weighted by molar-refractivity contribution is 5.76. The number of carbonyl (C=O) groups excluding carboxylic acids is 1. The molecule has 0 aromatic carbocycles. The number of rotatable bonds is 6. The van der Waals surface area contributed by atoms with Gasteiger partial charge in [0.15, 0.2) is 0 Å². The summed E-state index contributed by atoms with van der Waals surface area (Å²) in [5.74, 6) is -0.178. The van der Waals surface area contributed by atoms with E-state index < -0.39 is 0 Å². The van der Waals surface area contributed by atoms with Gasteiger partial charge in [-0.25, -0.2) is 0 Å². The molecule has 0 saturated carbocycles. The first kappa shape index (κ1) is 13.8. The molecule has 1 amide bonds. The van der Waals surface area contributed by atoms with Crippen molar-refractivity contribution in [2.45, 2.75) is 6.54 Å². The Hall–Kier alpha value is -2.30. The summed E-state index contributed by atoms with van der Waals surface area (Å²) in [6.45, 7) is 7.98. The van der Waals surface area contributed by atoms with Gasteiger partial charge in [-0.1, -0.05) is 12.2 Å². The van der Waals surface area contributed by atoms with Crippen LogP contribution in [0.4, 0.5) is 5.69 Å². The van der Waals surface area contributed by atoms with E-state index in [9.17, 15) is 9.59 Å². The normalized spacial score (nSPS) is 9.78. The van der Waals surface area contributed by atoms with Crippen molar-refractivity contribution < 1.29 is 4.79 Å². The first-order chi connectivity index (χ1) is 8.58. The highest BCUT2D eigenvalue weighted by Gasteiger charge is 2.11. The molecule has 0 spiro atoms. The van der Waals surface area contributed by atoms with E-state index in [4.69, 9.17) is 5.73 Å². The summed E-state index contributed by atoms with van der Waals surface area (Å²) in [6, 6.07) is 2.85. The van der Waals surface area contributed by atoms with Crippen LogP contribution in [0.2, 0.25) is 0 Å². The number of carbonyl (C=O) groups is 1. The Morgan fingerprint density at radius 3 is 2.50 bits per heavy atom. The number of nitrogens with zero attached hydrogens (tertiary/aromatic N) is 2. The maximum atomic E-state index is 12.0. The minimum atomic E-state index is -0.255. The molecule has 5 nitrogen and oxygen atoms in total. The number of nitrogen functional groups attached to an aromatic ring is 1. The van der Waals surface area contributed by atoms with Gasteiger partial charge in [0.1, 0.15) is 6.54 Å². The number of anilines is 1. The first-order valence-corrected chi connectivity index (χ1v) is 5.54. The average Bonchev–Trinajstić information content (AvgIpc) is 2.33. The monoisotopic (exact) mass is 247 g/mol. The molecule has 96 valence electrons. The van der Waals surface area contributed by atoms with Crippen LogP contribution >= 0.6 is 0 Å². The van der Waals surface area contributed by atoms with Crippen molar-refractivity contribution in [3.05, 3.63) is 54.0 Å². The van der Waals surface area contributed by atoms with E-state index in [1.165, 1.54) is 22.9 Å². The van der Waals surface area contributed by atoms with Gasteiger partial charge in [0.2, 0.25) is 5.91 Å². The molecule has 1 rings (SSSR count).